The van der Waals surface area contributed by atoms with E-state index in [1.54, 1.807) is 6.07 Å². The molecular formula is C43H30N2O4S. The van der Waals surface area contributed by atoms with Crippen LogP contribution < -0.4 is 5.32 Å². The maximum absolute atomic E-state index is 14.3. The van der Waals surface area contributed by atoms with Gasteiger partial charge in [-0.15, -0.1) is 11.8 Å². The number of aliphatic hydroxyl groups is 1. The van der Waals surface area contributed by atoms with E-state index in [9.17, 15) is 20.0 Å². The normalized spacial score (nSPS) is 11.4. The minimum atomic E-state index is -0.482. The second kappa shape index (κ2) is 13.1. The fourth-order valence-electron chi connectivity index (χ4n) is 6.86. The van der Waals surface area contributed by atoms with Crippen LogP contribution in [0.2, 0.25) is 0 Å². The van der Waals surface area contributed by atoms with Crippen LogP contribution in [0.3, 0.4) is 0 Å². The van der Waals surface area contributed by atoms with E-state index >= 15 is 0 Å². The highest BCUT2D eigenvalue weighted by molar-refractivity contribution is 7.99. The molecule has 0 spiro atoms. The van der Waals surface area contributed by atoms with E-state index in [1.807, 2.05) is 60.7 Å². The highest BCUT2D eigenvalue weighted by Crippen LogP contribution is 2.40. The number of fused-ring (bicyclic) bond motifs is 6. The Morgan fingerprint density at radius 1 is 0.620 bits per heavy atom. The minimum absolute atomic E-state index is 0.0696. The van der Waals surface area contributed by atoms with Gasteiger partial charge in [0.25, 0.3) is 11.6 Å². The molecule has 242 valence electrons. The number of amides is 1. The molecule has 1 amide bonds. The lowest BCUT2D eigenvalue weighted by Gasteiger charge is -2.17. The van der Waals surface area contributed by atoms with E-state index in [4.69, 9.17) is 0 Å². The highest BCUT2D eigenvalue weighted by atomic mass is 32.2. The first kappa shape index (κ1) is 31.3. The van der Waals surface area contributed by atoms with E-state index < -0.39 is 10.8 Å². The number of anilines is 1. The van der Waals surface area contributed by atoms with E-state index in [1.165, 1.54) is 23.9 Å². The van der Waals surface area contributed by atoms with Crippen molar-refractivity contribution in [1.29, 1.82) is 0 Å². The number of hydrogen-bond acceptors (Lipinski definition) is 5. The van der Waals surface area contributed by atoms with Crippen LogP contribution in [0.25, 0.3) is 65.3 Å². The van der Waals surface area contributed by atoms with E-state index in [2.05, 4.69) is 72.0 Å². The standard InChI is InChI=1S/C43H30N2O4S/c46-19-20-50-42-18-17-32(45(48)49)26-41(42)44-43(47)31-22-29(39-24-27-9-1-3-11-33(27)35-13-5-7-15-37(35)39)21-30(23-31)40-25-28-10-2-4-12-34(28)36-14-6-8-16-38(36)40/h1-18,21-26,46H,19-20H2,(H,44,47). The van der Waals surface area contributed by atoms with Gasteiger partial charge < -0.3 is 10.4 Å². The zero-order valence-corrected chi connectivity index (χ0v) is 27.6. The summed E-state index contributed by atoms with van der Waals surface area (Å²) >= 11 is 1.32. The molecule has 0 radical (unpaired) electrons. The lowest BCUT2D eigenvalue weighted by molar-refractivity contribution is -0.384. The number of nitrogens with zero attached hydrogens (tertiary/aromatic N) is 1. The van der Waals surface area contributed by atoms with Gasteiger partial charge in [-0.3, -0.25) is 14.9 Å². The number of aliphatic hydroxyl groups excluding tert-OH is 1. The maximum Gasteiger partial charge on any atom is 0.271 e. The molecule has 50 heavy (non-hydrogen) atoms. The Hall–Kier alpha value is -6.02. The van der Waals surface area contributed by atoms with Crippen molar-refractivity contribution in [2.45, 2.75) is 4.90 Å². The predicted molar refractivity (Wildman–Crippen MR) is 206 cm³/mol. The number of carbonyl (C=O) groups excluding carboxylic acids is 1. The van der Waals surface area contributed by atoms with Gasteiger partial charge in [-0.05, 0) is 102 Å². The first-order valence-corrected chi connectivity index (χ1v) is 17.3. The van der Waals surface area contributed by atoms with Gasteiger partial charge in [0.2, 0.25) is 0 Å². The topological polar surface area (TPSA) is 92.5 Å². The van der Waals surface area contributed by atoms with Crippen LogP contribution in [0.4, 0.5) is 11.4 Å². The zero-order valence-electron chi connectivity index (χ0n) is 26.8. The summed E-state index contributed by atoms with van der Waals surface area (Å²) in [6.45, 7) is -0.0696. The third kappa shape index (κ3) is 5.72. The molecule has 0 fully saturated rings. The monoisotopic (exact) mass is 670 g/mol. The van der Waals surface area contributed by atoms with Gasteiger partial charge in [0.1, 0.15) is 0 Å². The van der Waals surface area contributed by atoms with Crippen molar-refractivity contribution in [3.8, 4) is 22.3 Å². The number of hydrogen-bond donors (Lipinski definition) is 2. The molecule has 2 N–H and O–H groups in total. The number of rotatable bonds is 8. The Morgan fingerprint density at radius 3 is 1.64 bits per heavy atom. The number of nitrogens with one attached hydrogen (secondary N) is 1. The maximum atomic E-state index is 14.3. The molecule has 8 aromatic carbocycles. The van der Waals surface area contributed by atoms with Crippen molar-refractivity contribution in [2.24, 2.45) is 0 Å². The van der Waals surface area contributed by atoms with Crippen LogP contribution in [-0.2, 0) is 0 Å². The lowest BCUT2D eigenvalue weighted by atomic mass is 9.88. The molecule has 0 saturated heterocycles. The smallest absolute Gasteiger partial charge is 0.271 e. The third-order valence-corrected chi connectivity index (χ3v) is 10.2. The highest BCUT2D eigenvalue weighted by Gasteiger charge is 2.19. The van der Waals surface area contributed by atoms with Crippen molar-refractivity contribution in [3.63, 3.8) is 0 Å². The molecule has 0 aliphatic heterocycles. The number of nitro groups is 1. The largest absolute Gasteiger partial charge is 0.396 e. The van der Waals surface area contributed by atoms with Gasteiger partial charge in [0.15, 0.2) is 0 Å². The number of non-ortho nitro benzene ring substituents is 1. The number of carbonyl (C=O) groups is 1. The van der Waals surface area contributed by atoms with Gasteiger partial charge in [-0.25, -0.2) is 0 Å². The molecule has 0 atom stereocenters. The van der Waals surface area contributed by atoms with E-state index in [0.29, 0.717) is 21.9 Å². The van der Waals surface area contributed by atoms with Crippen LogP contribution in [0.5, 0.6) is 0 Å². The number of nitro benzene ring substituents is 1. The Bertz CT molecular complexity index is 2500. The number of thioether (sulfide) groups is 1. The molecule has 8 rings (SSSR count). The van der Waals surface area contributed by atoms with Gasteiger partial charge in [0.05, 0.1) is 17.2 Å². The molecule has 0 heterocycles. The first-order valence-electron chi connectivity index (χ1n) is 16.3. The van der Waals surface area contributed by atoms with Crippen molar-refractivity contribution in [3.05, 3.63) is 161 Å². The summed E-state index contributed by atoms with van der Waals surface area (Å²) in [6, 6.07) is 47.9. The van der Waals surface area contributed by atoms with Gasteiger partial charge in [-0.2, -0.15) is 0 Å². The summed E-state index contributed by atoms with van der Waals surface area (Å²) < 4.78 is 0. The molecule has 0 saturated carbocycles. The average Bonchev–Trinajstić information content (AvgIpc) is 3.16. The van der Waals surface area contributed by atoms with Crippen molar-refractivity contribution >= 4 is 72.1 Å². The summed E-state index contributed by atoms with van der Waals surface area (Å²) in [6.07, 6.45) is 0. The third-order valence-electron chi connectivity index (χ3n) is 9.12. The molecule has 6 nitrogen and oxygen atoms in total. The quantitative estimate of drug-likeness (QED) is 0.0726. The average molecular weight is 671 g/mol. The molecule has 0 bridgehead atoms. The summed E-state index contributed by atoms with van der Waals surface area (Å²) in [7, 11) is 0. The van der Waals surface area contributed by atoms with Crippen LogP contribution in [0.1, 0.15) is 10.4 Å². The van der Waals surface area contributed by atoms with E-state index in [0.717, 1.165) is 65.3 Å². The van der Waals surface area contributed by atoms with E-state index in [-0.39, 0.29) is 12.3 Å². The molecule has 7 heteroatoms. The van der Waals surface area contributed by atoms with Crippen molar-refractivity contribution in [2.75, 3.05) is 17.7 Å². The molecule has 0 unspecified atom stereocenters. The van der Waals surface area contributed by atoms with Gasteiger partial charge in [0, 0.05) is 28.3 Å². The van der Waals surface area contributed by atoms with Crippen LogP contribution >= 0.6 is 11.8 Å². The minimum Gasteiger partial charge on any atom is -0.396 e. The molecule has 0 aliphatic rings. The predicted octanol–water partition coefficient (Wildman–Crippen LogP) is 10.9. The first-order chi connectivity index (χ1) is 24.5. The lowest BCUT2D eigenvalue weighted by Crippen LogP contribution is -2.13. The Morgan fingerprint density at radius 2 is 1.12 bits per heavy atom. The second-order valence-electron chi connectivity index (χ2n) is 12.1. The SMILES string of the molecule is O=C(Nc1cc([N+](=O)[O-])ccc1SCCO)c1cc(-c2cc3ccccc3c3ccccc23)cc(-c2cc3ccccc3c3ccccc23)c1. The molecule has 0 aromatic heterocycles. The van der Waals surface area contributed by atoms with Crippen molar-refractivity contribution in [1.82, 2.24) is 0 Å². The summed E-state index contributed by atoms with van der Waals surface area (Å²) in [5.74, 6) is -0.0145. The molecular weight excluding hydrogens is 641 g/mol. The second-order valence-corrected chi connectivity index (χ2v) is 13.3. The van der Waals surface area contributed by atoms with Crippen LogP contribution in [0.15, 0.2) is 150 Å². The summed E-state index contributed by atoms with van der Waals surface area (Å²) in [4.78, 5) is 26.1. The fraction of sp³-hybridized carbons (Fsp3) is 0.0465. The summed E-state index contributed by atoms with van der Waals surface area (Å²) in [5, 5.41) is 33.0. The summed E-state index contributed by atoms with van der Waals surface area (Å²) in [5.41, 5.74) is 4.35. The Labute approximate surface area is 292 Å². The van der Waals surface area contributed by atoms with Crippen LogP contribution in [-0.4, -0.2) is 28.3 Å². The Balaban J connectivity index is 1.36. The van der Waals surface area contributed by atoms with Crippen LogP contribution in [0, 0.1) is 10.1 Å². The fourth-order valence-corrected chi connectivity index (χ4v) is 7.60. The Kier molecular flexibility index (Phi) is 8.20. The molecule has 8 aromatic rings. The van der Waals surface area contributed by atoms with Gasteiger partial charge in [-0.1, -0.05) is 97.1 Å². The number of benzene rings is 8. The molecule has 0 aliphatic carbocycles. The zero-order chi connectivity index (χ0) is 34.2. The van der Waals surface area contributed by atoms with Gasteiger partial charge >= 0.3 is 0 Å². The van der Waals surface area contributed by atoms with Crippen molar-refractivity contribution < 1.29 is 14.8 Å².